The first-order valence-electron chi connectivity index (χ1n) is 33.3. The SMILES string of the molecule is CCCCC/C=C\CCCCCCCC(=O)OCCCCCCCCCCCCCCCC/C=C\CCCCCCCCCCCCCCCCCCCC(=O)NC(CO)C(O)/C=C/CCCCCCCCCC. The maximum atomic E-state index is 12.4. The molecule has 6 nitrogen and oxygen atoms in total. The summed E-state index contributed by atoms with van der Waals surface area (Å²) in [6.45, 7) is 4.88. The zero-order valence-electron chi connectivity index (χ0n) is 49.8. The molecule has 2 atom stereocenters. The molecule has 0 radical (unpaired) electrons. The fourth-order valence-electron chi connectivity index (χ4n) is 10.3. The summed E-state index contributed by atoms with van der Waals surface area (Å²) in [4.78, 5) is 24.4. The third-order valence-corrected chi connectivity index (χ3v) is 15.4. The number of unbranched alkanes of at least 4 members (excludes halogenated alkanes) is 47. The van der Waals surface area contributed by atoms with Gasteiger partial charge in [0, 0.05) is 12.8 Å². The van der Waals surface area contributed by atoms with Crippen LogP contribution in [0.5, 0.6) is 0 Å². The van der Waals surface area contributed by atoms with Crippen LogP contribution in [-0.4, -0.2) is 47.4 Å². The average molecular weight is 1040 g/mol. The first kappa shape index (κ1) is 72.1. The van der Waals surface area contributed by atoms with Gasteiger partial charge in [-0.3, -0.25) is 9.59 Å². The van der Waals surface area contributed by atoms with Crippen molar-refractivity contribution in [3.63, 3.8) is 0 Å². The van der Waals surface area contributed by atoms with Crippen LogP contribution >= 0.6 is 0 Å². The smallest absolute Gasteiger partial charge is 0.305 e. The summed E-state index contributed by atoms with van der Waals surface area (Å²) in [5.41, 5.74) is 0. The van der Waals surface area contributed by atoms with Crippen molar-refractivity contribution in [2.75, 3.05) is 13.2 Å². The van der Waals surface area contributed by atoms with Gasteiger partial charge in [-0.1, -0.05) is 301 Å². The van der Waals surface area contributed by atoms with Gasteiger partial charge in [0.2, 0.25) is 5.91 Å². The lowest BCUT2D eigenvalue weighted by Gasteiger charge is -2.20. The quantitative estimate of drug-likeness (QED) is 0.0320. The van der Waals surface area contributed by atoms with E-state index in [-0.39, 0.29) is 18.5 Å². The normalized spacial score (nSPS) is 12.8. The topological polar surface area (TPSA) is 95.9 Å². The number of carbonyl (C=O) groups excluding carboxylic acids is 2. The van der Waals surface area contributed by atoms with Crippen LogP contribution in [0.3, 0.4) is 0 Å². The van der Waals surface area contributed by atoms with E-state index in [0.717, 1.165) is 44.9 Å². The molecule has 74 heavy (non-hydrogen) atoms. The Kier molecular flexibility index (Phi) is 62.0. The van der Waals surface area contributed by atoms with E-state index in [2.05, 4.69) is 43.5 Å². The van der Waals surface area contributed by atoms with Crippen molar-refractivity contribution in [2.24, 2.45) is 0 Å². The summed E-state index contributed by atoms with van der Waals surface area (Å²) in [5.74, 6) is -0.0556. The fraction of sp³-hybridized carbons (Fsp3) is 0.882. The number of rotatable bonds is 62. The highest BCUT2D eigenvalue weighted by Gasteiger charge is 2.18. The molecule has 0 aliphatic heterocycles. The number of hydrogen-bond acceptors (Lipinski definition) is 5. The van der Waals surface area contributed by atoms with E-state index in [1.165, 1.54) is 289 Å². The Labute approximate surface area is 462 Å². The molecule has 436 valence electrons. The van der Waals surface area contributed by atoms with Crippen LogP contribution < -0.4 is 5.32 Å². The average Bonchev–Trinajstić information content (AvgIpc) is 3.40. The molecule has 2 unspecified atom stereocenters. The van der Waals surface area contributed by atoms with Gasteiger partial charge in [-0.25, -0.2) is 0 Å². The van der Waals surface area contributed by atoms with Gasteiger partial charge in [0.05, 0.1) is 25.4 Å². The van der Waals surface area contributed by atoms with Crippen LogP contribution in [0.4, 0.5) is 0 Å². The number of aliphatic hydroxyl groups is 2. The lowest BCUT2D eigenvalue weighted by Crippen LogP contribution is -2.45. The van der Waals surface area contributed by atoms with Gasteiger partial charge in [-0.15, -0.1) is 0 Å². The van der Waals surface area contributed by atoms with Crippen molar-refractivity contribution in [3.05, 3.63) is 36.5 Å². The Morgan fingerprint density at radius 2 is 0.635 bits per heavy atom. The van der Waals surface area contributed by atoms with Gasteiger partial charge in [0.15, 0.2) is 0 Å². The maximum absolute atomic E-state index is 12.4. The highest BCUT2D eigenvalue weighted by atomic mass is 16.5. The summed E-state index contributed by atoms with van der Waals surface area (Å²) in [5, 5.41) is 23.0. The highest BCUT2D eigenvalue weighted by Crippen LogP contribution is 2.18. The van der Waals surface area contributed by atoms with Gasteiger partial charge in [-0.2, -0.15) is 0 Å². The van der Waals surface area contributed by atoms with Crippen LogP contribution in [0, 0.1) is 0 Å². The molecule has 0 heterocycles. The largest absolute Gasteiger partial charge is 0.466 e. The second-order valence-corrected chi connectivity index (χ2v) is 22.8. The zero-order valence-corrected chi connectivity index (χ0v) is 49.8. The van der Waals surface area contributed by atoms with E-state index in [1.54, 1.807) is 6.08 Å². The molecule has 6 heteroatoms. The van der Waals surface area contributed by atoms with Gasteiger partial charge >= 0.3 is 5.97 Å². The molecule has 0 aliphatic rings. The minimum atomic E-state index is -0.840. The van der Waals surface area contributed by atoms with Gasteiger partial charge in [-0.05, 0) is 83.5 Å². The summed E-state index contributed by atoms with van der Waals surface area (Å²) >= 11 is 0. The summed E-state index contributed by atoms with van der Waals surface area (Å²) in [7, 11) is 0. The predicted octanol–water partition coefficient (Wildman–Crippen LogP) is 21.1. The van der Waals surface area contributed by atoms with E-state index in [9.17, 15) is 19.8 Å². The minimum absolute atomic E-state index is 0.00979. The third-order valence-electron chi connectivity index (χ3n) is 15.4. The molecule has 0 saturated heterocycles. The van der Waals surface area contributed by atoms with Crippen molar-refractivity contribution < 1.29 is 24.5 Å². The third kappa shape index (κ3) is 59.3. The number of hydrogen-bond donors (Lipinski definition) is 3. The Balaban J connectivity index is 3.33. The van der Waals surface area contributed by atoms with Crippen LogP contribution in [0.25, 0.3) is 0 Å². The van der Waals surface area contributed by atoms with Crippen LogP contribution in [0.15, 0.2) is 36.5 Å². The lowest BCUT2D eigenvalue weighted by molar-refractivity contribution is -0.143. The van der Waals surface area contributed by atoms with E-state index in [4.69, 9.17) is 4.74 Å². The lowest BCUT2D eigenvalue weighted by atomic mass is 10.0. The number of carbonyl (C=O) groups is 2. The van der Waals surface area contributed by atoms with Crippen LogP contribution in [0.2, 0.25) is 0 Å². The first-order chi connectivity index (χ1) is 36.5. The molecular formula is C68H129NO5. The number of ether oxygens (including phenoxy) is 1. The molecular weight excluding hydrogens is 911 g/mol. The van der Waals surface area contributed by atoms with Crippen molar-refractivity contribution in [2.45, 2.75) is 373 Å². The number of amides is 1. The number of nitrogens with one attached hydrogen (secondary N) is 1. The molecule has 0 aromatic carbocycles. The highest BCUT2D eigenvalue weighted by molar-refractivity contribution is 5.76. The first-order valence-corrected chi connectivity index (χ1v) is 33.3. The summed E-state index contributed by atoms with van der Waals surface area (Å²) in [6.07, 6.45) is 80.9. The summed E-state index contributed by atoms with van der Waals surface area (Å²) < 4.78 is 5.47. The molecule has 0 spiro atoms. The summed E-state index contributed by atoms with van der Waals surface area (Å²) in [6, 6.07) is -0.623. The second kappa shape index (κ2) is 63.6. The molecule has 0 aromatic rings. The maximum Gasteiger partial charge on any atom is 0.305 e. The Bertz CT molecular complexity index is 1200. The number of esters is 1. The Morgan fingerprint density at radius 3 is 0.986 bits per heavy atom. The molecule has 0 aliphatic carbocycles. The van der Waals surface area contributed by atoms with Gasteiger partial charge < -0.3 is 20.3 Å². The monoisotopic (exact) mass is 1040 g/mol. The number of aliphatic hydroxyl groups excluding tert-OH is 2. The van der Waals surface area contributed by atoms with Crippen molar-refractivity contribution in [1.82, 2.24) is 5.32 Å². The van der Waals surface area contributed by atoms with E-state index in [0.29, 0.717) is 19.4 Å². The van der Waals surface area contributed by atoms with Crippen molar-refractivity contribution >= 4 is 11.9 Å². The molecule has 1 amide bonds. The van der Waals surface area contributed by atoms with E-state index < -0.39 is 12.1 Å². The molecule has 0 saturated carbocycles. The molecule has 0 bridgehead atoms. The Morgan fingerprint density at radius 1 is 0.365 bits per heavy atom. The number of allylic oxidation sites excluding steroid dienone is 5. The molecule has 0 aromatic heterocycles. The molecule has 3 N–H and O–H groups in total. The minimum Gasteiger partial charge on any atom is -0.466 e. The zero-order chi connectivity index (χ0) is 53.6. The van der Waals surface area contributed by atoms with Gasteiger partial charge in [0.25, 0.3) is 0 Å². The fourth-order valence-corrected chi connectivity index (χ4v) is 10.3. The predicted molar refractivity (Wildman–Crippen MR) is 324 cm³/mol. The van der Waals surface area contributed by atoms with Crippen molar-refractivity contribution in [3.8, 4) is 0 Å². The molecule has 0 fully saturated rings. The second-order valence-electron chi connectivity index (χ2n) is 22.8. The standard InChI is InChI=1S/C68H129NO5/c1-3-5-7-9-11-13-15-42-46-50-54-58-62-68(73)74-63-59-55-51-47-43-40-38-36-34-32-30-28-26-24-22-20-18-16-17-19-21-23-25-27-29-31-33-35-37-39-41-45-49-53-57-61-67(72)69-65(64-70)66(71)60-56-52-48-44-14-12-10-8-6-4-2/h11,13,18,20,56,60,65-66,70-71H,3-10,12,14-17,19,21-55,57-59,61-64H2,1-2H3,(H,69,72)/b13-11-,20-18-,60-56+. The van der Waals surface area contributed by atoms with Crippen LogP contribution in [-0.2, 0) is 14.3 Å². The van der Waals surface area contributed by atoms with E-state index >= 15 is 0 Å². The van der Waals surface area contributed by atoms with Crippen LogP contribution in [0.1, 0.15) is 361 Å². The Hall–Kier alpha value is -1.92. The van der Waals surface area contributed by atoms with Crippen molar-refractivity contribution in [1.29, 1.82) is 0 Å². The molecule has 0 rings (SSSR count). The van der Waals surface area contributed by atoms with E-state index in [1.807, 2.05) is 6.08 Å². The van der Waals surface area contributed by atoms with Gasteiger partial charge in [0.1, 0.15) is 0 Å².